The monoisotopic (exact) mass is 360 g/mol. The molecule has 3 aromatic rings. The summed E-state index contributed by atoms with van der Waals surface area (Å²) in [5.74, 6) is 0.749. The summed E-state index contributed by atoms with van der Waals surface area (Å²) in [5, 5.41) is 9.39. The van der Waals surface area contributed by atoms with Crippen molar-refractivity contribution in [2.24, 2.45) is 0 Å². The Morgan fingerprint density at radius 1 is 1.38 bits per heavy atom. The first-order valence-corrected chi connectivity index (χ1v) is 9.61. The molecule has 3 heterocycles. The highest BCUT2D eigenvalue weighted by Crippen LogP contribution is 2.33. The maximum Gasteiger partial charge on any atom is 0.261 e. The molecule has 0 fully saturated rings. The van der Waals surface area contributed by atoms with E-state index in [0.29, 0.717) is 11.4 Å². The van der Waals surface area contributed by atoms with Crippen LogP contribution in [-0.4, -0.2) is 21.9 Å². The second-order valence-electron chi connectivity index (χ2n) is 5.67. The van der Waals surface area contributed by atoms with Crippen LogP contribution in [0.3, 0.4) is 0 Å². The van der Waals surface area contributed by atoms with Gasteiger partial charge in [0.2, 0.25) is 0 Å². The summed E-state index contributed by atoms with van der Waals surface area (Å²) in [5.41, 5.74) is 0.935. The molecule has 1 atom stereocenters. The lowest BCUT2D eigenvalue weighted by atomic mass is 10.2. The fourth-order valence-electron chi connectivity index (χ4n) is 2.40. The van der Waals surface area contributed by atoms with Crippen molar-refractivity contribution in [3.05, 3.63) is 39.2 Å². The quantitative estimate of drug-likeness (QED) is 0.691. The third-order valence-electron chi connectivity index (χ3n) is 3.93. The van der Waals surface area contributed by atoms with Gasteiger partial charge >= 0.3 is 0 Å². The zero-order chi connectivity index (χ0) is 17.1. The van der Waals surface area contributed by atoms with Gasteiger partial charge in [-0.2, -0.15) is 0 Å². The standard InChI is InChI=1S/C17H20N4OS2/c1-4-10(2)21-16(22)14-11(3)13-15(19-9-20-17(13)24-14)18-8-12-6-5-7-23-12/h5-7,9-10H,4,8H2,1-3H3,(H,21,22)(H,18,19,20)/t10-/m1/s1. The number of aryl methyl sites for hydroxylation is 1. The van der Waals surface area contributed by atoms with Crippen LogP contribution in [0.4, 0.5) is 5.82 Å². The predicted molar refractivity (Wildman–Crippen MR) is 101 cm³/mol. The molecule has 24 heavy (non-hydrogen) atoms. The minimum atomic E-state index is -0.0333. The Balaban J connectivity index is 1.90. The molecule has 7 heteroatoms. The lowest BCUT2D eigenvalue weighted by Gasteiger charge is -2.10. The zero-order valence-corrected chi connectivity index (χ0v) is 15.6. The Hall–Kier alpha value is -1.99. The zero-order valence-electron chi connectivity index (χ0n) is 13.9. The number of hydrogen-bond acceptors (Lipinski definition) is 6. The van der Waals surface area contributed by atoms with Crippen molar-refractivity contribution in [3.8, 4) is 0 Å². The first kappa shape index (κ1) is 16.9. The van der Waals surface area contributed by atoms with E-state index >= 15 is 0 Å². The molecule has 1 amide bonds. The smallest absolute Gasteiger partial charge is 0.261 e. The maximum absolute atomic E-state index is 12.5. The lowest BCUT2D eigenvalue weighted by Crippen LogP contribution is -2.31. The Morgan fingerprint density at radius 3 is 2.92 bits per heavy atom. The molecule has 0 bridgehead atoms. The molecule has 3 aromatic heterocycles. The second kappa shape index (κ2) is 7.27. The summed E-state index contributed by atoms with van der Waals surface area (Å²) < 4.78 is 0. The topological polar surface area (TPSA) is 66.9 Å². The number of nitrogens with one attached hydrogen (secondary N) is 2. The van der Waals surface area contributed by atoms with Gasteiger partial charge < -0.3 is 10.6 Å². The molecule has 2 N–H and O–H groups in total. The number of rotatable bonds is 6. The third-order valence-corrected chi connectivity index (χ3v) is 6.01. The number of nitrogens with zero attached hydrogens (tertiary/aromatic N) is 2. The Labute approximate surface area is 149 Å². The van der Waals surface area contributed by atoms with E-state index < -0.39 is 0 Å². The van der Waals surface area contributed by atoms with E-state index in [0.717, 1.165) is 28.0 Å². The fourth-order valence-corrected chi connectivity index (χ4v) is 4.09. The number of carbonyl (C=O) groups excluding carboxylic acids is 1. The Bertz CT molecular complexity index is 842. The average molecular weight is 361 g/mol. The number of amides is 1. The summed E-state index contributed by atoms with van der Waals surface area (Å²) in [6.07, 6.45) is 2.45. The minimum Gasteiger partial charge on any atom is -0.365 e. The van der Waals surface area contributed by atoms with E-state index in [-0.39, 0.29) is 11.9 Å². The first-order valence-electron chi connectivity index (χ1n) is 7.91. The van der Waals surface area contributed by atoms with Crippen molar-refractivity contribution in [1.82, 2.24) is 15.3 Å². The predicted octanol–water partition coefficient (Wildman–Crippen LogP) is 4.20. The first-order chi connectivity index (χ1) is 11.6. The van der Waals surface area contributed by atoms with Gasteiger partial charge in [0.25, 0.3) is 5.91 Å². The number of thiophene rings is 2. The van der Waals surface area contributed by atoms with Gasteiger partial charge in [0.05, 0.1) is 16.8 Å². The third kappa shape index (κ3) is 3.42. The van der Waals surface area contributed by atoms with Gasteiger partial charge in [-0.25, -0.2) is 9.97 Å². The summed E-state index contributed by atoms with van der Waals surface area (Å²) in [4.78, 5) is 24.0. The van der Waals surface area contributed by atoms with E-state index in [1.54, 1.807) is 17.7 Å². The minimum absolute atomic E-state index is 0.0333. The van der Waals surface area contributed by atoms with Gasteiger partial charge in [-0.05, 0) is 37.3 Å². The largest absolute Gasteiger partial charge is 0.365 e. The van der Waals surface area contributed by atoms with Gasteiger partial charge in [0, 0.05) is 10.9 Å². The Kier molecular flexibility index (Phi) is 5.11. The normalized spacial score (nSPS) is 12.3. The number of hydrogen-bond donors (Lipinski definition) is 2. The van der Waals surface area contributed by atoms with Crippen molar-refractivity contribution < 1.29 is 4.79 Å². The molecular weight excluding hydrogens is 340 g/mol. The van der Waals surface area contributed by atoms with Crippen molar-refractivity contribution in [3.63, 3.8) is 0 Å². The van der Waals surface area contributed by atoms with Crippen molar-refractivity contribution in [2.75, 3.05) is 5.32 Å². The molecule has 0 unspecified atom stereocenters. The van der Waals surface area contributed by atoms with Crippen LogP contribution in [0.1, 0.15) is 40.4 Å². The van der Waals surface area contributed by atoms with Gasteiger partial charge in [-0.1, -0.05) is 13.0 Å². The van der Waals surface area contributed by atoms with E-state index in [2.05, 4.69) is 39.0 Å². The highest BCUT2D eigenvalue weighted by molar-refractivity contribution is 7.20. The van der Waals surface area contributed by atoms with Crippen molar-refractivity contribution in [2.45, 2.75) is 39.8 Å². The molecule has 0 saturated carbocycles. The molecule has 0 spiro atoms. The summed E-state index contributed by atoms with van der Waals surface area (Å²) in [7, 11) is 0. The van der Waals surface area contributed by atoms with Gasteiger partial charge in [-0.3, -0.25) is 4.79 Å². The van der Waals surface area contributed by atoms with Crippen molar-refractivity contribution >= 4 is 44.6 Å². The molecule has 126 valence electrons. The van der Waals surface area contributed by atoms with Gasteiger partial charge in [0.15, 0.2) is 0 Å². The number of aromatic nitrogens is 2. The van der Waals surface area contributed by atoms with Crippen LogP contribution in [0.5, 0.6) is 0 Å². The van der Waals surface area contributed by atoms with Crippen LogP contribution >= 0.6 is 22.7 Å². The fraction of sp³-hybridized carbons (Fsp3) is 0.353. The van der Waals surface area contributed by atoms with Crippen LogP contribution in [-0.2, 0) is 6.54 Å². The molecule has 0 aliphatic carbocycles. The number of anilines is 1. The van der Waals surface area contributed by atoms with Crippen LogP contribution < -0.4 is 10.6 Å². The average Bonchev–Trinajstić information content (AvgIpc) is 3.21. The van der Waals surface area contributed by atoms with Crippen LogP contribution in [0.25, 0.3) is 10.2 Å². The lowest BCUT2D eigenvalue weighted by molar-refractivity contribution is 0.0943. The summed E-state index contributed by atoms with van der Waals surface area (Å²) >= 11 is 3.13. The second-order valence-corrected chi connectivity index (χ2v) is 7.71. The van der Waals surface area contributed by atoms with Crippen molar-refractivity contribution in [1.29, 1.82) is 0 Å². The van der Waals surface area contributed by atoms with E-state index in [1.807, 2.05) is 19.9 Å². The van der Waals surface area contributed by atoms with Crippen LogP contribution in [0, 0.1) is 6.92 Å². The van der Waals surface area contributed by atoms with Crippen LogP contribution in [0.15, 0.2) is 23.8 Å². The van der Waals surface area contributed by atoms with E-state index in [9.17, 15) is 4.79 Å². The molecule has 0 aliphatic heterocycles. The van der Waals surface area contributed by atoms with E-state index in [4.69, 9.17) is 0 Å². The molecular formula is C17H20N4OS2. The molecule has 5 nitrogen and oxygen atoms in total. The number of carbonyl (C=O) groups is 1. The SMILES string of the molecule is CC[C@@H](C)NC(=O)c1sc2ncnc(NCc3cccs3)c2c1C. The summed E-state index contributed by atoms with van der Waals surface area (Å²) in [6, 6.07) is 4.27. The molecule has 0 saturated heterocycles. The highest BCUT2D eigenvalue weighted by atomic mass is 32.1. The molecule has 0 aromatic carbocycles. The Morgan fingerprint density at radius 2 is 2.21 bits per heavy atom. The van der Waals surface area contributed by atoms with Gasteiger partial charge in [-0.15, -0.1) is 22.7 Å². The maximum atomic E-state index is 12.5. The molecule has 0 radical (unpaired) electrons. The highest BCUT2D eigenvalue weighted by Gasteiger charge is 2.20. The molecule has 3 rings (SSSR count). The number of fused-ring (bicyclic) bond motifs is 1. The van der Waals surface area contributed by atoms with Crippen LogP contribution in [0.2, 0.25) is 0 Å². The molecule has 0 aliphatic rings. The van der Waals surface area contributed by atoms with E-state index in [1.165, 1.54) is 16.2 Å². The van der Waals surface area contributed by atoms with Gasteiger partial charge in [0.1, 0.15) is 17.0 Å². The summed E-state index contributed by atoms with van der Waals surface area (Å²) in [6.45, 7) is 6.74.